The lowest BCUT2D eigenvalue weighted by Crippen LogP contribution is -2.39. The number of benzene rings is 1. The van der Waals surface area contributed by atoms with Crippen molar-refractivity contribution in [3.05, 3.63) is 47.0 Å². The molecule has 1 aromatic rings. The summed E-state index contributed by atoms with van der Waals surface area (Å²) < 4.78 is 24.6. The fourth-order valence-electron chi connectivity index (χ4n) is 3.93. The van der Waals surface area contributed by atoms with Gasteiger partial charge in [0, 0.05) is 32.3 Å². The topological polar surface area (TPSA) is 57.7 Å². The number of hydrogen-bond acceptors (Lipinski definition) is 3. The van der Waals surface area contributed by atoms with Crippen molar-refractivity contribution in [1.82, 2.24) is 9.21 Å². The van der Waals surface area contributed by atoms with Crippen LogP contribution >= 0.6 is 0 Å². The number of likely N-dealkylation sites (tertiary alicyclic amines) is 1. The van der Waals surface area contributed by atoms with Crippen LogP contribution in [-0.4, -0.2) is 56.0 Å². The molecule has 1 amide bonds. The summed E-state index contributed by atoms with van der Waals surface area (Å²) in [6, 6.07) is 8.74. The van der Waals surface area contributed by atoms with E-state index < -0.39 is 10.0 Å². The number of piperidine rings is 2. The lowest BCUT2D eigenvalue weighted by Gasteiger charge is -2.32. The Balaban J connectivity index is 1.46. The molecule has 0 spiro atoms. The van der Waals surface area contributed by atoms with Crippen molar-refractivity contribution < 1.29 is 13.2 Å². The van der Waals surface area contributed by atoms with Gasteiger partial charge in [-0.05, 0) is 50.5 Å². The van der Waals surface area contributed by atoms with Crippen LogP contribution < -0.4 is 0 Å². The highest BCUT2D eigenvalue weighted by Gasteiger charge is 2.24. The van der Waals surface area contributed by atoms with Crippen molar-refractivity contribution in [3.8, 4) is 0 Å². The number of hydrogen-bond donors (Lipinski definition) is 0. The van der Waals surface area contributed by atoms with E-state index in [1.165, 1.54) is 21.7 Å². The summed E-state index contributed by atoms with van der Waals surface area (Å²) in [4.78, 5) is 14.5. The zero-order valence-corrected chi connectivity index (χ0v) is 17.2. The Hall–Kier alpha value is -1.66. The van der Waals surface area contributed by atoms with Crippen LogP contribution in [0.15, 0.2) is 35.9 Å². The molecule has 2 saturated heterocycles. The first-order valence-corrected chi connectivity index (χ1v) is 11.6. The molecule has 0 unspecified atom stereocenters. The molecule has 2 aliphatic rings. The molecular formula is C21H30N2O3S. The number of sulfonamides is 1. The lowest BCUT2D eigenvalue weighted by atomic mass is 9.90. The average Bonchev–Trinajstić information content (AvgIpc) is 2.64. The summed E-state index contributed by atoms with van der Waals surface area (Å²) in [7, 11) is -3.12. The van der Waals surface area contributed by atoms with Gasteiger partial charge in [0.2, 0.25) is 15.9 Å². The third-order valence-electron chi connectivity index (χ3n) is 5.73. The van der Waals surface area contributed by atoms with E-state index in [4.69, 9.17) is 0 Å². The van der Waals surface area contributed by atoms with Gasteiger partial charge in [-0.15, -0.1) is 0 Å². The van der Waals surface area contributed by atoms with Crippen LogP contribution in [0.2, 0.25) is 0 Å². The number of carbonyl (C=O) groups excluding carboxylic acids is 1. The van der Waals surface area contributed by atoms with E-state index in [0.717, 1.165) is 37.9 Å². The van der Waals surface area contributed by atoms with Crippen molar-refractivity contribution in [2.45, 2.75) is 39.0 Å². The maximum absolute atomic E-state index is 12.6. The number of rotatable bonds is 4. The Morgan fingerprint density at radius 2 is 1.67 bits per heavy atom. The predicted octanol–water partition coefficient (Wildman–Crippen LogP) is 2.76. The van der Waals surface area contributed by atoms with Crippen molar-refractivity contribution in [2.75, 3.05) is 32.4 Å². The normalized spacial score (nSPS) is 19.9. The van der Waals surface area contributed by atoms with E-state index in [2.05, 4.69) is 31.2 Å². The van der Waals surface area contributed by atoms with Crippen molar-refractivity contribution in [2.24, 2.45) is 5.92 Å². The van der Waals surface area contributed by atoms with E-state index in [0.29, 0.717) is 31.8 Å². The van der Waals surface area contributed by atoms with Crippen LogP contribution in [0.25, 0.3) is 0 Å². The minimum absolute atomic E-state index is 0.0894. The Morgan fingerprint density at radius 3 is 2.22 bits per heavy atom. The minimum Gasteiger partial charge on any atom is -0.339 e. The van der Waals surface area contributed by atoms with E-state index in [1.54, 1.807) is 6.08 Å². The second-order valence-corrected chi connectivity index (χ2v) is 9.91. The molecule has 2 aliphatic heterocycles. The van der Waals surface area contributed by atoms with Gasteiger partial charge < -0.3 is 4.90 Å². The Kier molecular flexibility index (Phi) is 6.37. The first-order valence-electron chi connectivity index (χ1n) is 9.80. The zero-order valence-electron chi connectivity index (χ0n) is 16.4. The number of nitrogens with zero attached hydrogens (tertiary/aromatic N) is 2. The van der Waals surface area contributed by atoms with Gasteiger partial charge >= 0.3 is 0 Å². The Labute approximate surface area is 163 Å². The third-order valence-corrected chi connectivity index (χ3v) is 7.04. The van der Waals surface area contributed by atoms with Gasteiger partial charge in [0.25, 0.3) is 0 Å². The number of amides is 1. The van der Waals surface area contributed by atoms with Crippen LogP contribution in [0.3, 0.4) is 0 Å². The summed E-state index contributed by atoms with van der Waals surface area (Å²) in [5.41, 5.74) is 3.74. The third kappa shape index (κ3) is 5.66. The highest BCUT2D eigenvalue weighted by Crippen LogP contribution is 2.23. The summed E-state index contributed by atoms with van der Waals surface area (Å²) >= 11 is 0. The van der Waals surface area contributed by atoms with Crippen LogP contribution in [0.5, 0.6) is 0 Å². The molecule has 0 atom stereocenters. The van der Waals surface area contributed by atoms with E-state index in [-0.39, 0.29) is 5.91 Å². The van der Waals surface area contributed by atoms with Gasteiger partial charge in [0.1, 0.15) is 0 Å². The second kappa shape index (κ2) is 8.57. The number of aryl methyl sites for hydroxylation is 1. The fraction of sp³-hybridized carbons (Fsp3) is 0.571. The minimum atomic E-state index is -3.12. The molecule has 0 aromatic heterocycles. The fourth-order valence-corrected chi connectivity index (χ4v) is 4.78. The summed E-state index contributed by atoms with van der Waals surface area (Å²) in [6.07, 6.45) is 7.49. The molecule has 148 valence electrons. The molecule has 2 heterocycles. The quantitative estimate of drug-likeness (QED) is 0.743. The summed E-state index contributed by atoms with van der Waals surface area (Å²) in [6.45, 7) is 4.70. The molecule has 6 heteroatoms. The van der Waals surface area contributed by atoms with Crippen molar-refractivity contribution >= 4 is 15.9 Å². The highest BCUT2D eigenvalue weighted by molar-refractivity contribution is 7.88. The Morgan fingerprint density at radius 1 is 1.07 bits per heavy atom. The molecule has 1 aromatic carbocycles. The van der Waals surface area contributed by atoms with E-state index in [1.807, 2.05) is 4.90 Å². The molecular weight excluding hydrogens is 360 g/mol. The molecule has 2 fully saturated rings. The molecule has 0 aliphatic carbocycles. The van der Waals surface area contributed by atoms with Crippen LogP contribution in [0, 0.1) is 12.8 Å². The van der Waals surface area contributed by atoms with Crippen LogP contribution in [0.4, 0.5) is 0 Å². The monoisotopic (exact) mass is 390 g/mol. The van der Waals surface area contributed by atoms with Crippen molar-refractivity contribution in [3.63, 3.8) is 0 Å². The summed E-state index contributed by atoms with van der Waals surface area (Å²) in [5.74, 6) is 0.731. The average molecular weight is 391 g/mol. The largest absolute Gasteiger partial charge is 0.339 e. The smallest absolute Gasteiger partial charge is 0.246 e. The second-order valence-electron chi connectivity index (χ2n) is 7.92. The Bertz CT molecular complexity index is 781. The van der Waals surface area contributed by atoms with Crippen LogP contribution in [-0.2, 0) is 21.2 Å². The molecule has 0 radical (unpaired) electrons. The SMILES string of the molecule is Cc1ccc(CC2CCN(C(=O)C=C3CCN(S(C)(=O)=O)CC3)CC2)cc1. The van der Waals surface area contributed by atoms with Gasteiger partial charge in [0.15, 0.2) is 0 Å². The van der Waals surface area contributed by atoms with Gasteiger partial charge in [0.05, 0.1) is 6.26 Å². The molecule has 0 bridgehead atoms. The zero-order chi connectivity index (χ0) is 19.4. The van der Waals surface area contributed by atoms with Gasteiger partial charge in [-0.25, -0.2) is 12.7 Å². The first-order chi connectivity index (χ1) is 12.8. The van der Waals surface area contributed by atoms with Crippen LogP contribution in [0.1, 0.15) is 36.8 Å². The van der Waals surface area contributed by atoms with Gasteiger partial charge in [-0.1, -0.05) is 35.4 Å². The van der Waals surface area contributed by atoms with E-state index in [9.17, 15) is 13.2 Å². The first kappa shape index (κ1) is 20.1. The summed E-state index contributed by atoms with van der Waals surface area (Å²) in [5, 5.41) is 0. The highest BCUT2D eigenvalue weighted by atomic mass is 32.2. The van der Waals surface area contributed by atoms with E-state index >= 15 is 0 Å². The van der Waals surface area contributed by atoms with Gasteiger partial charge in [-0.2, -0.15) is 0 Å². The standard InChI is InChI=1S/C21H30N2O3S/c1-17-3-5-18(6-4-17)15-19-7-11-22(12-8-19)21(24)16-20-9-13-23(14-10-20)27(2,25)26/h3-6,16,19H,7-15H2,1-2H3. The molecule has 0 N–H and O–H groups in total. The maximum atomic E-state index is 12.6. The molecule has 0 saturated carbocycles. The molecule has 3 rings (SSSR count). The lowest BCUT2D eigenvalue weighted by molar-refractivity contribution is -0.127. The molecule has 5 nitrogen and oxygen atoms in total. The van der Waals surface area contributed by atoms with Gasteiger partial charge in [-0.3, -0.25) is 4.79 Å². The predicted molar refractivity (Wildman–Crippen MR) is 108 cm³/mol. The van der Waals surface area contributed by atoms with Crippen molar-refractivity contribution in [1.29, 1.82) is 0 Å². The maximum Gasteiger partial charge on any atom is 0.246 e. The molecule has 27 heavy (non-hydrogen) atoms. The number of carbonyl (C=O) groups is 1.